The van der Waals surface area contributed by atoms with Gasteiger partial charge in [-0.2, -0.15) is 4.80 Å². The Morgan fingerprint density at radius 2 is 1.26 bits per heavy atom. The van der Waals surface area contributed by atoms with Crippen LogP contribution in [0.5, 0.6) is 0 Å². The van der Waals surface area contributed by atoms with Crippen LogP contribution in [0.25, 0.3) is 10.8 Å². The van der Waals surface area contributed by atoms with E-state index >= 15 is 0 Å². The third kappa shape index (κ3) is 8.76. The number of piperidine rings is 3. The van der Waals surface area contributed by atoms with Crippen LogP contribution in [0, 0.1) is 17.8 Å². The van der Waals surface area contributed by atoms with E-state index in [9.17, 15) is 0 Å². The molecule has 284 valence electrons. The fraction of sp³-hybridized carbons (Fsp3) is 0.410. The van der Waals surface area contributed by atoms with Crippen LogP contribution in [0.3, 0.4) is 0 Å². The molecule has 53 heavy (non-hydrogen) atoms. The number of tetrazole rings is 1. The van der Waals surface area contributed by atoms with Crippen LogP contribution in [0.15, 0.2) is 85.2 Å². The number of rotatable bonds is 5. The van der Waals surface area contributed by atoms with E-state index in [-0.39, 0.29) is 43.3 Å². The minimum Gasteiger partial charge on any atom is -0.316 e. The highest BCUT2D eigenvalue weighted by Crippen LogP contribution is 2.57. The van der Waals surface area contributed by atoms with Gasteiger partial charge in [-0.05, 0) is 126 Å². The van der Waals surface area contributed by atoms with E-state index in [0.717, 1.165) is 51.1 Å². The summed E-state index contributed by atoms with van der Waals surface area (Å²) in [7, 11) is 0. The maximum absolute atomic E-state index is 6.02. The van der Waals surface area contributed by atoms with Crippen molar-refractivity contribution in [3.8, 4) is 0 Å². The summed E-state index contributed by atoms with van der Waals surface area (Å²) in [6, 6.07) is 27.3. The van der Waals surface area contributed by atoms with Crippen LogP contribution < -0.4 is 16.0 Å². The average Bonchev–Trinajstić information content (AvgIpc) is 3.71. The number of fused-ring (bicyclic) bond motifs is 3. The van der Waals surface area contributed by atoms with E-state index < -0.39 is 0 Å². The minimum atomic E-state index is 0. The molecule has 3 saturated heterocycles. The van der Waals surface area contributed by atoms with Crippen molar-refractivity contribution >= 4 is 94.4 Å². The molecule has 2 saturated carbocycles. The van der Waals surface area contributed by atoms with E-state index in [1.807, 2.05) is 24.3 Å². The highest BCUT2D eigenvalue weighted by Gasteiger charge is 2.58. The first-order valence-corrected chi connectivity index (χ1v) is 19.1. The van der Waals surface area contributed by atoms with E-state index in [2.05, 4.69) is 86.0 Å². The third-order valence-corrected chi connectivity index (χ3v) is 13.1. The predicted molar refractivity (Wildman–Crippen MR) is 225 cm³/mol. The minimum absolute atomic E-state index is 0. The van der Waals surface area contributed by atoms with Crippen molar-refractivity contribution in [3.63, 3.8) is 0 Å². The van der Waals surface area contributed by atoms with E-state index in [4.69, 9.17) is 46.4 Å². The lowest BCUT2D eigenvalue weighted by atomic mass is 9.87. The van der Waals surface area contributed by atoms with Gasteiger partial charge in [0.05, 0.1) is 20.1 Å². The number of aromatic nitrogens is 4. The van der Waals surface area contributed by atoms with Gasteiger partial charge in [0.1, 0.15) is 6.04 Å². The topological polar surface area (TPSA) is 79.7 Å². The molecule has 14 heteroatoms. The highest BCUT2D eigenvalue weighted by molar-refractivity contribution is 6.42. The zero-order valence-corrected chi connectivity index (χ0v) is 34.5. The van der Waals surface area contributed by atoms with Gasteiger partial charge in [0, 0.05) is 30.5 Å². The maximum Gasteiger partial charge on any atom is 0.162 e. The largest absolute Gasteiger partial charge is 0.316 e. The molecular formula is C39H44Cl7N7. The van der Waals surface area contributed by atoms with Gasteiger partial charge in [-0.1, -0.05) is 94.9 Å². The predicted octanol–water partition coefficient (Wildman–Crippen LogP) is 9.39. The van der Waals surface area contributed by atoms with Gasteiger partial charge in [0.25, 0.3) is 0 Å². The molecule has 3 unspecified atom stereocenters. The number of nitrogens with one attached hydrogen (secondary N) is 3. The first kappa shape index (κ1) is 42.3. The van der Waals surface area contributed by atoms with E-state index in [1.54, 1.807) is 4.80 Å². The number of benzene rings is 4. The SMILES string of the molecule is Cl.Cl.Cl.Clc1ccc([C@@]23CNCC2C3)cc1Cl.Clc1ccc([C@]23CNCC2C3)cc1Cl.c1ccc2cc(C([C@H]3CCCNC3)n3ncnn3)ccc2c1. The van der Waals surface area contributed by atoms with Gasteiger partial charge in [-0.15, -0.1) is 47.4 Å². The van der Waals surface area contributed by atoms with Crippen LogP contribution >= 0.6 is 83.6 Å². The van der Waals surface area contributed by atoms with Crippen molar-refractivity contribution in [1.29, 1.82) is 0 Å². The fourth-order valence-electron chi connectivity index (χ4n) is 8.63. The second-order valence-electron chi connectivity index (χ2n) is 14.5. The first-order chi connectivity index (χ1) is 24.4. The maximum atomic E-state index is 6.02. The van der Waals surface area contributed by atoms with Crippen molar-refractivity contribution in [1.82, 2.24) is 36.2 Å². The molecule has 3 aliphatic heterocycles. The first-order valence-electron chi connectivity index (χ1n) is 17.6. The van der Waals surface area contributed by atoms with Crippen LogP contribution in [0.4, 0.5) is 0 Å². The van der Waals surface area contributed by atoms with Crippen LogP contribution in [0.2, 0.25) is 20.1 Å². The second kappa shape index (κ2) is 17.9. The molecule has 5 aromatic rings. The zero-order chi connectivity index (χ0) is 34.3. The number of nitrogens with zero attached hydrogens (tertiary/aromatic N) is 4. The van der Waals surface area contributed by atoms with Crippen molar-refractivity contribution in [2.75, 3.05) is 39.3 Å². The number of hydrogen-bond donors (Lipinski definition) is 3. The summed E-state index contributed by atoms with van der Waals surface area (Å²) in [4.78, 5) is 1.77. The smallest absolute Gasteiger partial charge is 0.162 e. The van der Waals surface area contributed by atoms with Gasteiger partial charge in [-0.3, -0.25) is 0 Å². The molecule has 0 spiro atoms. The van der Waals surface area contributed by atoms with Gasteiger partial charge >= 0.3 is 0 Å². The van der Waals surface area contributed by atoms with Crippen molar-refractivity contribution in [3.05, 3.63) is 122 Å². The molecular weight excluding hydrogens is 815 g/mol. The zero-order valence-electron chi connectivity index (χ0n) is 29.0. The van der Waals surface area contributed by atoms with E-state index in [0.29, 0.717) is 36.8 Å². The lowest BCUT2D eigenvalue weighted by molar-refractivity contribution is 0.261. The number of halogens is 7. The van der Waals surface area contributed by atoms with Crippen LogP contribution in [-0.2, 0) is 10.8 Å². The summed E-state index contributed by atoms with van der Waals surface area (Å²) >= 11 is 23.8. The van der Waals surface area contributed by atoms with Crippen molar-refractivity contribution in [2.45, 2.75) is 42.6 Å². The quantitative estimate of drug-likeness (QED) is 0.164. The molecule has 1 aromatic heterocycles. The van der Waals surface area contributed by atoms with Gasteiger partial charge < -0.3 is 16.0 Å². The summed E-state index contributed by atoms with van der Waals surface area (Å²) < 4.78 is 0. The lowest BCUT2D eigenvalue weighted by Gasteiger charge is -2.30. The summed E-state index contributed by atoms with van der Waals surface area (Å²) in [5.74, 6) is 2.13. The normalized spacial score (nSPS) is 26.5. The second-order valence-corrected chi connectivity index (χ2v) is 16.2. The Kier molecular flexibility index (Phi) is 14.3. The Bertz CT molecular complexity index is 1900. The average molecular weight is 859 g/mol. The molecule has 0 radical (unpaired) electrons. The molecule has 5 aliphatic rings. The van der Waals surface area contributed by atoms with Gasteiger partial charge in [0.15, 0.2) is 6.33 Å². The molecule has 6 atom stereocenters. The molecule has 7 nitrogen and oxygen atoms in total. The highest BCUT2D eigenvalue weighted by atomic mass is 35.5. The Morgan fingerprint density at radius 1 is 0.660 bits per heavy atom. The summed E-state index contributed by atoms with van der Waals surface area (Å²) in [6.45, 7) is 6.59. The monoisotopic (exact) mass is 855 g/mol. The summed E-state index contributed by atoms with van der Waals surface area (Å²) in [6.07, 6.45) is 6.51. The van der Waals surface area contributed by atoms with Crippen molar-refractivity contribution in [2.24, 2.45) is 17.8 Å². The molecule has 3 N–H and O–H groups in total. The molecule has 0 bridgehead atoms. The number of hydrogen-bond acceptors (Lipinski definition) is 6. The molecule has 10 rings (SSSR count). The van der Waals surface area contributed by atoms with Crippen molar-refractivity contribution < 1.29 is 0 Å². The van der Waals surface area contributed by atoms with Gasteiger partial charge in [0.2, 0.25) is 0 Å². The molecule has 4 heterocycles. The fourth-order valence-corrected chi connectivity index (χ4v) is 9.22. The molecule has 0 amide bonds. The Balaban J connectivity index is 0.000000155. The third-order valence-electron chi connectivity index (χ3n) is 11.6. The molecule has 4 aromatic carbocycles. The lowest BCUT2D eigenvalue weighted by Crippen LogP contribution is -2.36. The summed E-state index contributed by atoms with van der Waals surface area (Å²) in [5.41, 5.74) is 4.72. The van der Waals surface area contributed by atoms with E-state index in [1.165, 1.54) is 59.5 Å². The molecule has 2 aliphatic carbocycles. The molecule has 5 fully saturated rings. The Hall–Kier alpha value is -1.88. The Morgan fingerprint density at radius 3 is 1.74 bits per heavy atom. The standard InChI is InChI=1S/C17H19N5.2C11H11Cl2N.3ClH/c1-2-5-14-10-15(8-7-13(14)4-1)17(22-20-12-19-21-22)16-6-3-9-18-11-16;2*12-9-2-1-7(3-10(9)13)11-4-8(11)5-14-6-11;;;/h1-2,4-5,7-8,10,12,16-18H,3,6,9,11H2;2*1-3,8,14H,4-6H2;3*1H/t16-,17?;2*8?,11-;;;/m010.../s1. The Labute approximate surface area is 349 Å². The van der Waals surface area contributed by atoms with Gasteiger partial charge in [-0.25, -0.2) is 0 Å². The van der Waals surface area contributed by atoms with Crippen LogP contribution in [0.1, 0.15) is 48.4 Å². The summed E-state index contributed by atoms with van der Waals surface area (Å²) in [5, 5.41) is 27.9. The van der Waals surface area contributed by atoms with Crippen LogP contribution in [-0.4, -0.2) is 59.5 Å².